The van der Waals surface area contributed by atoms with Crippen LogP contribution in [0.15, 0.2) is 59.5 Å². The van der Waals surface area contributed by atoms with Crippen molar-refractivity contribution in [3.8, 4) is 0 Å². The number of hydrogen-bond acceptors (Lipinski definition) is 5. The Hall–Kier alpha value is -4.25. The van der Waals surface area contributed by atoms with Crippen molar-refractivity contribution in [1.82, 2.24) is 9.88 Å². The van der Waals surface area contributed by atoms with Gasteiger partial charge in [-0.3, -0.25) is 14.4 Å². The predicted octanol–water partition coefficient (Wildman–Crippen LogP) is 3.54. The molecule has 3 aromatic rings. The van der Waals surface area contributed by atoms with Gasteiger partial charge in [0.2, 0.25) is 5.78 Å². The summed E-state index contributed by atoms with van der Waals surface area (Å²) in [4.78, 5) is 37.9. The monoisotopic (exact) mass is 544 g/mol. The molecule has 0 spiro atoms. The minimum absolute atomic E-state index is 0.0505. The average molecular weight is 545 g/mol. The zero-order valence-electron chi connectivity index (χ0n) is 20.5. The van der Waals surface area contributed by atoms with E-state index in [0.717, 1.165) is 22.8 Å². The van der Waals surface area contributed by atoms with E-state index < -0.39 is 70.5 Å². The average Bonchev–Trinajstić information content (AvgIpc) is 3.28. The second-order valence-corrected chi connectivity index (χ2v) is 9.32. The van der Waals surface area contributed by atoms with Gasteiger partial charge in [-0.1, -0.05) is 12.1 Å². The predicted molar refractivity (Wildman–Crippen MR) is 133 cm³/mol. The van der Waals surface area contributed by atoms with Crippen molar-refractivity contribution in [2.45, 2.75) is 44.4 Å². The summed E-state index contributed by atoms with van der Waals surface area (Å²) in [5.74, 6) is -6.56. The maximum absolute atomic E-state index is 14.3. The van der Waals surface area contributed by atoms with Crippen LogP contribution in [-0.2, 0) is 22.6 Å². The van der Waals surface area contributed by atoms with Crippen LogP contribution in [0.25, 0.3) is 5.76 Å². The topological polar surface area (TPSA) is 109 Å². The van der Waals surface area contributed by atoms with Gasteiger partial charge in [0.1, 0.15) is 29.0 Å². The van der Waals surface area contributed by atoms with Crippen LogP contribution in [0, 0.1) is 23.3 Å². The van der Waals surface area contributed by atoms with Crippen molar-refractivity contribution in [2.75, 3.05) is 0 Å². The number of nitrogens with zero attached hydrogens (tertiary/aromatic N) is 1. The Labute approximate surface area is 220 Å². The lowest BCUT2D eigenvalue weighted by Crippen LogP contribution is -2.42. The van der Waals surface area contributed by atoms with Crippen LogP contribution in [0.2, 0.25) is 0 Å². The van der Waals surface area contributed by atoms with Gasteiger partial charge in [0.25, 0.3) is 11.5 Å². The fraction of sp³-hybridized carbons (Fsp3) is 0.250. The molecule has 1 saturated carbocycles. The van der Waals surface area contributed by atoms with Gasteiger partial charge >= 0.3 is 0 Å². The molecule has 1 heterocycles. The third-order valence-corrected chi connectivity index (χ3v) is 6.47. The summed E-state index contributed by atoms with van der Waals surface area (Å²) in [6, 6.07) is 6.22. The standard InChI is InChI=1S/C28H24F4N2O5/c29-18-6-4-16(21(31)10-18)8-15-9-20(25(36)12-26(37)27(38)33-23-2-1-3-24(23)35)28(39)34(13-15)14-17-5-7-19(30)11-22(17)32/h4-7,9-13,23-24,35-36H,1-3,8,14H2,(H,33,38). The molecular formula is C28H24F4N2O5. The number of aliphatic hydroxyl groups excluding tert-OH is 2. The molecule has 0 bridgehead atoms. The van der Waals surface area contributed by atoms with Crippen molar-refractivity contribution in [3.05, 3.63) is 111 Å². The molecule has 1 aliphatic rings. The molecule has 3 N–H and O–H groups in total. The van der Waals surface area contributed by atoms with Gasteiger partial charge in [-0.25, -0.2) is 17.6 Å². The first kappa shape index (κ1) is 27.8. The van der Waals surface area contributed by atoms with Crippen molar-refractivity contribution in [3.63, 3.8) is 0 Å². The molecule has 4 rings (SSSR count). The minimum atomic E-state index is -1.18. The summed E-state index contributed by atoms with van der Waals surface area (Å²) in [6.45, 7) is -0.404. The molecule has 1 aromatic heterocycles. The Morgan fingerprint density at radius 1 is 0.974 bits per heavy atom. The number of aliphatic hydroxyl groups is 2. The van der Waals surface area contributed by atoms with Gasteiger partial charge in [0, 0.05) is 36.4 Å². The van der Waals surface area contributed by atoms with E-state index in [4.69, 9.17) is 0 Å². The number of pyridine rings is 1. The smallest absolute Gasteiger partial charge is 0.292 e. The summed E-state index contributed by atoms with van der Waals surface area (Å²) in [7, 11) is 0. The second-order valence-electron chi connectivity index (χ2n) is 9.32. The molecule has 204 valence electrons. The van der Waals surface area contributed by atoms with Crippen LogP contribution in [0.4, 0.5) is 17.6 Å². The number of carbonyl (C=O) groups is 2. The number of benzene rings is 2. The Kier molecular flexibility index (Phi) is 8.29. The highest BCUT2D eigenvalue weighted by Crippen LogP contribution is 2.20. The first-order chi connectivity index (χ1) is 18.5. The molecule has 2 atom stereocenters. The minimum Gasteiger partial charge on any atom is -0.507 e. The molecule has 0 radical (unpaired) electrons. The number of halogens is 4. The quantitative estimate of drug-likeness (QED) is 0.174. The number of nitrogens with one attached hydrogen (secondary N) is 1. The largest absolute Gasteiger partial charge is 0.507 e. The number of rotatable bonds is 8. The fourth-order valence-corrected chi connectivity index (χ4v) is 4.43. The number of aromatic nitrogens is 1. The summed E-state index contributed by atoms with van der Waals surface area (Å²) in [5.41, 5.74) is -1.11. The highest BCUT2D eigenvalue weighted by atomic mass is 19.1. The van der Waals surface area contributed by atoms with E-state index in [1.165, 1.54) is 18.3 Å². The first-order valence-corrected chi connectivity index (χ1v) is 12.1. The lowest BCUT2D eigenvalue weighted by molar-refractivity contribution is -0.136. The molecule has 0 saturated heterocycles. The first-order valence-electron chi connectivity index (χ1n) is 12.1. The van der Waals surface area contributed by atoms with Crippen LogP contribution in [0.3, 0.4) is 0 Å². The number of amides is 1. The molecule has 11 heteroatoms. The maximum atomic E-state index is 14.3. The normalized spacial score (nSPS) is 17.3. The highest BCUT2D eigenvalue weighted by molar-refractivity contribution is 6.41. The molecule has 0 aliphatic heterocycles. The second kappa shape index (κ2) is 11.6. The number of carbonyl (C=O) groups excluding carboxylic acids is 2. The van der Waals surface area contributed by atoms with Crippen LogP contribution >= 0.6 is 0 Å². The molecule has 7 nitrogen and oxygen atoms in total. The molecule has 39 heavy (non-hydrogen) atoms. The summed E-state index contributed by atoms with van der Waals surface area (Å²) in [6.07, 6.45) is 2.43. The Balaban J connectivity index is 1.70. The van der Waals surface area contributed by atoms with Crippen LogP contribution in [-0.4, -0.2) is 38.6 Å². The Morgan fingerprint density at radius 2 is 1.62 bits per heavy atom. The molecular weight excluding hydrogens is 520 g/mol. The van der Waals surface area contributed by atoms with Crippen LogP contribution < -0.4 is 10.9 Å². The summed E-state index contributed by atoms with van der Waals surface area (Å²) < 4.78 is 56.3. The van der Waals surface area contributed by atoms with Gasteiger partial charge < -0.3 is 20.1 Å². The maximum Gasteiger partial charge on any atom is 0.292 e. The zero-order chi connectivity index (χ0) is 28.3. The summed E-state index contributed by atoms with van der Waals surface area (Å²) >= 11 is 0. The summed E-state index contributed by atoms with van der Waals surface area (Å²) in [5, 5.41) is 22.9. The third kappa shape index (κ3) is 6.61. The van der Waals surface area contributed by atoms with Crippen molar-refractivity contribution in [2.24, 2.45) is 0 Å². The molecule has 2 unspecified atom stereocenters. The fourth-order valence-electron chi connectivity index (χ4n) is 4.43. The third-order valence-electron chi connectivity index (χ3n) is 6.47. The van der Waals surface area contributed by atoms with Gasteiger partial charge in [0.15, 0.2) is 0 Å². The number of ketones is 1. The molecule has 1 aliphatic carbocycles. The molecule has 2 aromatic carbocycles. The van der Waals surface area contributed by atoms with E-state index in [1.807, 2.05) is 0 Å². The van der Waals surface area contributed by atoms with Crippen molar-refractivity contribution < 1.29 is 37.4 Å². The van der Waals surface area contributed by atoms with Gasteiger partial charge in [-0.15, -0.1) is 0 Å². The van der Waals surface area contributed by atoms with Gasteiger partial charge in [0.05, 0.1) is 24.3 Å². The van der Waals surface area contributed by atoms with E-state index in [9.17, 15) is 42.2 Å². The lowest BCUT2D eigenvalue weighted by atomic mass is 10.0. The molecule has 1 amide bonds. The van der Waals surface area contributed by atoms with Crippen molar-refractivity contribution >= 4 is 17.4 Å². The highest BCUT2D eigenvalue weighted by Gasteiger charge is 2.28. The Morgan fingerprint density at radius 3 is 2.21 bits per heavy atom. The number of hydrogen-bond donors (Lipinski definition) is 3. The van der Waals surface area contributed by atoms with Gasteiger partial charge in [-0.05, 0) is 48.6 Å². The molecule has 1 fully saturated rings. The van der Waals surface area contributed by atoms with E-state index >= 15 is 0 Å². The van der Waals surface area contributed by atoms with E-state index in [1.54, 1.807) is 0 Å². The van der Waals surface area contributed by atoms with Crippen LogP contribution in [0.5, 0.6) is 0 Å². The Bertz CT molecular complexity index is 1520. The SMILES string of the molecule is O=C(C=C(O)c1cc(Cc2ccc(F)cc2F)cn(Cc2ccc(F)cc2F)c1=O)C(=O)NC1CCCC1O. The van der Waals surface area contributed by atoms with E-state index in [2.05, 4.69) is 5.32 Å². The van der Waals surface area contributed by atoms with E-state index in [-0.39, 0.29) is 23.1 Å². The van der Waals surface area contributed by atoms with E-state index in [0.29, 0.717) is 37.5 Å². The lowest BCUT2D eigenvalue weighted by Gasteiger charge is -2.15. The van der Waals surface area contributed by atoms with Crippen LogP contribution in [0.1, 0.15) is 41.5 Å². The van der Waals surface area contributed by atoms with Crippen molar-refractivity contribution in [1.29, 1.82) is 0 Å². The van der Waals surface area contributed by atoms with Gasteiger partial charge in [-0.2, -0.15) is 0 Å². The zero-order valence-corrected chi connectivity index (χ0v) is 20.5.